The predicted molar refractivity (Wildman–Crippen MR) is 59.1 cm³/mol. The highest BCUT2D eigenvalue weighted by atomic mass is 35.5. The number of rotatable bonds is 7. The highest BCUT2D eigenvalue weighted by Gasteiger charge is 2.33. The molecule has 1 atom stereocenters. The molecule has 0 saturated carbocycles. The number of amides is 1. The van der Waals surface area contributed by atoms with Gasteiger partial charge in [0.25, 0.3) is 0 Å². The third-order valence-corrected chi connectivity index (χ3v) is 2.13. The molecule has 0 radical (unpaired) electrons. The van der Waals surface area contributed by atoms with E-state index in [0.29, 0.717) is 19.6 Å². The maximum atomic E-state index is 12.2. The van der Waals surface area contributed by atoms with Gasteiger partial charge < -0.3 is 9.64 Å². The van der Waals surface area contributed by atoms with Crippen molar-refractivity contribution in [3.63, 3.8) is 0 Å². The Morgan fingerprint density at radius 1 is 1.47 bits per heavy atom. The number of nitrogens with zero attached hydrogens (tertiary/aromatic N) is 1. The molecule has 0 saturated heterocycles. The maximum Gasteiger partial charge on any atom is 0.406 e. The van der Waals surface area contributed by atoms with Crippen molar-refractivity contribution in [3.8, 4) is 0 Å². The Morgan fingerprint density at radius 2 is 2.06 bits per heavy atom. The second-order valence-corrected chi connectivity index (χ2v) is 4.20. The molecule has 0 N–H and O–H groups in total. The average molecular weight is 276 g/mol. The Labute approximate surface area is 104 Å². The lowest BCUT2D eigenvalue weighted by Gasteiger charge is -2.24. The minimum absolute atomic E-state index is 0.00456. The largest absolute Gasteiger partial charge is 0.406 e. The molecule has 7 heteroatoms. The zero-order valence-corrected chi connectivity index (χ0v) is 10.6. The highest BCUT2D eigenvalue weighted by molar-refractivity contribution is 6.30. The molecular weight excluding hydrogens is 259 g/mol. The lowest BCUT2D eigenvalue weighted by molar-refractivity contribution is -0.161. The smallest absolute Gasteiger partial charge is 0.382 e. The molecule has 0 bridgehead atoms. The predicted octanol–water partition coefficient (Wildman–Crippen LogP) is 2.43. The van der Waals surface area contributed by atoms with Gasteiger partial charge in [0.05, 0.1) is 0 Å². The molecule has 0 aliphatic heterocycles. The van der Waals surface area contributed by atoms with Gasteiger partial charge in [-0.05, 0) is 20.3 Å². The fourth-order valence-electron chi connectivity index (χ4n) is 1.24. The van der Waals surface area contributed by atoms with Crippen LogP contribution in [0.4, 0.5) is 13.2 Å². The van der Waals surface area contributed by atoms with Crippen LogP contribution in [0.15, 0.2) is 0 Å². The summed E-state index contributed by atoms with van der Waals surface area (Å²) in [6.45, 7) is 2.70. The highest BCUT2D eigenvalue weighted by Crippen LogP contribution is 2.18. The van der Waals surface area contributed by atoms with Gasteiger partial charge in [0.15, 0.2) is 0 Å². The zero-order chi connectivity index (χ0) is 13.5. The minimum Gasteiger partial charge on any atom is -0.382 e. The van der Waals surface area contributed by atoms with Gasteiger partial charge in [-0.3, -0.25) is 4.79 Å². The molecule has 102 valence electrons. The number of halogens is 4. The molecule has 0 aliphatic rings. The summed E-state index contributed by atoms with van der Waals surface area (Å²) >= 11 is 5.50. The number of ether oxygens (including phenoxy) is 1. The molecule has 0 heterocycles. The third kappa shape index (κ3) is 8.26. The van der Waals surface area contributed by atoms with Crippen LogP contribution in [-0.2, 0) is 9.53 Å². The van der Waals surface area contributed by atoms with Crippen molar-refractivity contribution in [3.05, 3.63) is 0 Å². The normalized spacial score (nSPS) is 13.5. The molecule has 0 rings (SSSR count). The first-order chi connectivity index (χ1) is 7.78. The first kappa shape index (κ1) is 16.5. The zero-order valence-electron chi connectivity index (χ0n) is 9.89. The van der Waals surface area contributed by atoms with E-state index in [1.165, 1.54) is 6.92 Å². The van der Waals surface area contributed by atoms with Crippen molar-refractivity contribution in [2.24, 2.45) is 0 Å². The molecule has 3 nitrogen and oxygen atoms in total. The Balaban J connectivity index is 4.26. The summed E-state index contributed by atoms with van der Waals surface area (Å²) in [5, 5.41) is -0.954. The van der Waals surface area contributed by atoms with Crippen molar-refractivity contribution < 1.29 is 22.7 Å². The average Bonchev–Trinajstić information content (AvgIpc) is 2.19. The van der Waals surface area contributed by atoms with E-state index in [-0.39, 0.29) is 6.54 Å². The first-order valence-electron chi connectivity index (χ1n) is 5.35. The minimum atomic E-state index is -4.41. The van der Waals surface area contributed by atoms with E-state index in [2.05, 4.69) is 0 Å². The Bertz CT molecular complexity index is 234. The molecule has 0 aromatic carbocycles. The molecule has 1 unspecified atom stereocenters. The van der Waals surface area contributed by atoms with Gasteiger partial charge in [0.1, 0.15) is 11.9 Å². The summed E-state index contributed by atoms with van der Waals surface area (Å²) in [6, 6.07) is 0. The Kier molecular flexibility index (Phi) is 7.54. The van der Waals surface area contributed by atoms with E-state index in [1.54, 1.807) is 6.92 Å². The van der Waals surface area contributed by atoms with Gasteiger partial charge in [0.2, 0.25) is 5.91 Å². The van der Waals surface area contributed by atoms with Crippen molar-refractivity contribution >= 4 is 17.5 Å². The number of carbonyl (C=O) groups is 1. The van der Waals surface area contributed by atoms with Crippen LogP contribution in [0.3, 0.4) is 0 Å². The van der Waals surface area contributed by atoms with Crippen LogP contribution >= 0.6 is 11.6 Å². The summed E-state index contributed by atoms with van der Waals surface area (Å²) in [7, 11) is 0. The standard InChI is InChI=1S/C10H17ClF3NO2/c1-3-17-6-4-5-15(7-10(12,13)14)9(16)8(2)11/h8H,3-7H2,1-2H3. The number of alkyl halides is 4. The van der Waals surface area contributed by atoms with Crippen molar-refractivity contribution in [1.29, 1.82) is 0 Å². The quantitative estimate of drug-likeness (QED) is 0.528. The molecule has 0 aliphatic carbocycles. The molecule has 1 amide bonds. The van der Waals surface area contributed by atoms with E-state index < -0.39 is 24.0 Å². The first-order valence-corrected chi connectivity index (χ1v) is 5.79. The Morgan fingerprint density at radius 3 is 2.47 bits per heavy atom. The molecule has 0 aromatic heterocycles. The summed E-state index contributed by atoms with van der Waals surface area (Å²) in [5.41, 5.74) is 0. The Hall–Kier alpha value is -0.490. The lowest BCUT2D eigenvalue weighted by atomic mass is 10.3. The van der Waals surface area contributed by atoms with Crippen molar-refractivity contribution in [1.82, 2.24) is 4.90 Å². The van der Waals surface area contributed by atoms with E-state index in [0.717, 1.165) is 4.90 Å². The van der Waals surface area contributed by atoms with Crippen LogP contribution in [0.1, 0.15) is 20.3 Å². The van der Waals surface area contributed by atoms with E-state index in [4.69, 9.17) is 16.3 Å². The van der Waals surface area contributed by atoms with Gasteiger partial charge in [-0.25, -0.2) is 0 Å². The molecule has 0 spiro atoms. The number of carbonyl (C=O) groups excluding carboxylic acids is 1. The summed E-state index contributed by atoms with van der Waals surface area (Å²) in [6.07, 6.45) is -4.05. The fourth-order valence-corrected chi connectivity index (χ4v) is 1.37. The van der Waals surface area contributed by atoms with Crippen LogP contribution in [0.2, 0.25) is 0 Å². The summed E-state index contributed by atoms with van der Waals surface area (Å²) < 4.78 is 41.7. The van der Waals surface area contributed by atoms with Gasteiger partial charge in [-0.2, -0.15) is 13.2 Å². The van der Waals surface area contributed by atoms with Gasteiger partial charge in [-0.1, -0.05) is 0 Å². The van der Waals surface area contributed by atoms with Crippen LogP contribution in [0.25, 0.3) is 0 Å². The fraction of sp³-hybridized carbons (Fsp3) is 0.900. The monoisotopic (exact) mass is 275 g/mol. The van der Waals surface area contributed by atoms with E-state index >= 15 is 0 Å². The van der Waals surface area contributed by atoms with Gasteiger partial charge in [-0.15, -0.1) is 11.6 Å². The summed E-state index contributed by atoms with van der Waals surface area (Å²) in [5.74, 6) is -0.708. The summed E-state index contributed by atoms with van der Waals surface area (Å²) in [4.78, 5) is 12.2. The van der Waals surface area contributed by atoms with Gasteiger partial charge in [0, 0.05) is 19.8 Å². The van der Waals surface area contributed by atoms with Crippen molar-refractivity contribution in [2.45, 2.75) is 31.8 Å². The molecule has 0 aromatic rings. The SMILES string of the molecule is CCOCCCN(CC(F)(F)F)C(=O)C(C)Cl. The van der Waals surface area contributed by atoms with E-state index in [9.17, 15) is 18.0 Å². The van der Waals surface area contributed by atoms with Crippen molar-refractivity contribution in [2.75, 3.05) is 26.3 Å². The second-order valence-electron chi connectivity index (χ2n) is 3.54. The van der Waals surface area contributed by atoms with Crippen LogP contribution in [-0.4, -0.2) is 48.7 Å². The van der Waals surface area contributed by atoms with Crippen LogP contribution in [0.5, 0.6) is 0 Å². The second kappa shape index (κ2) is 7.76. The van der Waals surface area contributed by atoms with Crippen LogP contribution in [0, 0.1) is 0 Å². The number of hydrogen-bond acceptors (Lipinski definition) is 2. The number of hydrogen-bond donors (Lipinski definition) is 0. The van der Waals surface area contributed by atoms with E-state index in [1.807, 2.05) is 0 Å². The molecule has 0 fully saturated rings. The van der Waals surface area contributed by atoms with Crippen LogP contribution < -0.4 is 0 Å². The third-order valence-electron chi connectivity index (χ3n) is 1.94. The topological polar surface area (TPSA) is 29.5 Å². The molecule has 17 heavy (non-hydrogen) atoms. The lowest BCUT2D eigenvalue weighted by Crippen LogP contribution is -2.42. The van der Waals surface area contributed by atoms with Gasteiger partial charge >= 0.3 is 6.18 Å². The molecular formula is C10H17ClF3NO2. The maximum absolute atomic E-state index is 12.2.